The minimum Gasteiger partial charge on any atom is -0.466 e. The van der Waals surface area contributed by atoms with Crippen LogP contribution in [0.2, 0.25) is 0 Å². The molecule has 1 aromatic carbocycles. The largest absolute Gasteiger partial charge is 0.466 e. The number of benzene rings is 1. The van der Waals surface area contributed by atoms with Crippen LogP contribution in [0.4, 0.5) is 10.1 Å². The van der Waals surface area contributed by atoms with E-state index in [1.807, 2.05) is 0 Å². The minimum atomic E-state index is -3.94. The molecule has 8 nitrogen and oxygen atoms in total. The normalized spacial score (nSPS) is 14.9. The third kappa shape index (κ3) is 5.12. The molecule has 30 heavy (non-hydrogen) atoms. The van der Waals surface area contributed by atoms with Gasteiger partial charge in [-0.25, -0.2) is 12.8 Å². The maximum atomic E-state index is 13.0. The van der Waals surface area contributed by atoms with Crippen LogP contribution in [0, 0.1) is 11.7 Å². The standard InChI is InChI=1S/C20H22FN3O5S/c1-2-29-20(26)14-8-11-24(12-9-14)19(25)18-13-16(7-10-22-18)23-30(27,28)17-5-3-15(21)4-6-17/h3-7,10,13-14H,2,8-9,11-12H2,1H3,(H,22,23). The van der Waals surface area contributed by atoms with Crippen molar-refractivity contribution >= 4 is 27.6 Å². The molecule has 1 fully saturated rings. The molecule has 10 heteroatoms. The molecule has 0 radical (unpaired) electrons. The summed E-state index contributed by atoms with van der Waals surface area (Å²) in [6.45, 7) is 2.84. The van der Waals surface area contributed by atoms with Crippen molar-refractivity contribution < 1.29 is 27.1 Å². The third-order valence-corrected chi connectivity index (χ3v) is 6.15. The van der Waals surface area contributed by atoms with Gasteiger partial charge in [0.2, 0.25) is 0 Å². The zero-order chi connectivity index (χ0) is 21.7. The number of nitrogens with zero attached hydrogens (tertiary/aromatic N) is 2. The Morgan fingerprint density at radius 3 is 2.50 bits per heavy atom. The molecule has 0 spiro atoms. The second-order valence-corrected chi connectivity index (χ2v) is 8.49. The lowest BCUT2D eigenvalue weighted by atomic mass is 9.97. The van der Waals surface area contributed by atoms with Gasteiger partial charge in [-0.2, -0.15) is 0 Å². The summed E-state index contributed by atoms with van der Waals surface area (Å²) in [6.07, 6.45) is 2.34. The number of hydrogen-bond acceptors (Lipinski definition) is 6. The molecule has 3 rings (SSSR count). The maximum Gasteiger partial charge on any atom is 0.309 e. The average molecular weight is 435 g/mol. The van der Waals surface area contributed by atoms with E-state index in [9.17, 15) is 22.4 Å². The Labute approximate surface area is 174 Å². The number of anilines is 1. The van der Waals surface area contributed by atoms with E-state index in [2.05, 4.69) is 9.71 Å². The third-order valence-electron chi connectivity index (χ3n) is 4.76. The molecule has 2 heterocycles. The van der Waals surface area contributed by atoms with Crippen molar-refractivity contribution in [2.75, 3.05) is 24.4 Å². The monoisotopic (exact) mass is 435 g/mol. The van der Waals surface area contributed by atoms with Crippen LogP contribution in [0.1, 0.15) is 30.3 Å². The van der Waals surface area contributed by atoms with Gasteiger partial charge in [0.1, 0.15) is 11.5 Å². The lowest BCUT2D eigenvalue weighted by Crippen LogP contribution is -2.41. The van der Waals surface area contributed by atoms with Gasteiger partial charge in [-0.1, -0.05) is 0 Å². The van der Waals surface area contributed by atoms with Crippen LogP contribution in [0.15, 0.2) is 47.5 Å². The molecule has 160 valence electrons. The smallest absolute Gasteiger partial charge is 0.309 e. The highest BCUT2D eigenvalue weighted by atomic mass is 32.2. The number of ether oxygens (including phenoxy) is 1. The van der Waals surface area contributed by atoms with Crippen molar-refractivity contribution in [3.8, 4) is 0 Å². The summed E-state index contributed by atoms with van der Waals surface area (Å²) in [6, 6.07) is 7.18. The van der Waals surface area contributed by atoms with E-state index in [1.54, 1.807) is 11.8 Å². The Bertz CT molecular complexity index is 1020. The van der Waals surface area contributed by atoms with Gasteiger partial charge in [0.05, 0.1) is 23.1 Å². The molecule has 0 aliphatic carbocycles. The van der Waals surface area contributed by atoms with Gasteiger partial charge in [-0.15, -0.1) is 0 Å². The molecule has 0 saturated carbocycles. The lowest BCUT2D eigenvalue weighted by molar-refractivity contribution is -0.149. The van der Waals surface area contributed by atoms with Gasteiger partial charge in [-0.3, -0.25) is 19.3 Å². The molecule has 1 aliphatic heterocycles. The van der Waals surface area contributed by atoms with E-state index in [-0.39, 0.29) is 34.1 Å². The molecular weight excluding hydrogens is 413 g/mol. The number of aromatic nitrogens is 1. The van der Waals surface area contributed by atoms with Crippen molar-refractivity contribution in [1.29, 1.82) is 0 Å². The first-order valence-corrected chi connectivity index (χ1v) is 11.0. The molecule has 0 atom stereocenters. The van der Waals surface area contributed by atoms with E-state index in [1.165, 1.54) is 18.3 Å². The molecule has 1 N–H and O–H groups in total. The number of hydrogen-bond donors (Lipinski definition) is 1. The Balaban J connectivity index is 1.67. The fourth-order valence-electron chi connectivity index (χ4n) is 3.18. The number of carbonyl (C=O) groups excluding carboxylic acids is 2. The first-order chi connectivity index (χ1) is 14.3. The maximum absolute atomic E-state index is 13.0. The summed E-state index contributed by atoms with van der Waals surface area (Å²) in [7, 11) is -3.94. The molecule has 0 bridgehead atoms. The minimum absolute atomic E-state index is 0.0869. The number of carbonyl (C=O) groups is 2. The number of piperidine rings is 1. The topological polar surface area (TPSA) is 106 Å². The highest BCUT2D eigenvalue weighted by Gasteiger charge is 2.29. The second kappa shape index (κ2) is 9.21. The van der Waals surface area contributed by atoms with Gasteiger partial charge >= 0.3 is 5.97 Å². The van der Waals surface area contributed by atoms with E-state index in [0.717, 1.165) is 24.3 Å². The molecule has 1 amide bonds. The van der Waals surface area contributed by atoms with Crippen LogP contribution >= 0.6 is 0 Å². The fourth-order valence-corrected chi connectivity index (χ4v) is 4.23. The van der Waals surface area contributed by atoms with Gasteiger partial charge in [0.25, 0.3) is 15.9 Å². The summed E-state index contributed by atoms with van der Waals surface area (Å²) >= 11 is 0. The molecule has 1 saturated heterocycles. The van der Waals surface area contributed by atoms with Crippen LogP contribution < -0.4 is 4.72 Å². The summed E-state index contributed by atoms with van der Waals surface area (Å²) in [5.74, 6) is -1.37. The first-order valence-electron chi connectivity index (χ1n) is 9.50. The van der Waals surface area contributed by atoms with Crippen molar-refractivity contribution in [2.45, 2.75) is 24.7 Å². The zero-order valence-corrected chi connectivity index (χ0v) is 17.2. The zero-order valence-electron chi connectivity index (χ0n) is 16.4. The lowest BCUT2D eigenvalue weighted by Gasteiger charge is -2.30. The molecule has 0 unspecified atom stereocenters. The van der Waals surface area contributed by atoms with E-state index >= 15 is 0 Å². The van der Waals surface area contributed by atoms with Gasteiger partial charge in [-0.05, 0) is 56.2 Å². The second-order valence-electron chi connectivity index (χ2n) is 6.81. The number of nitrogens with one attached hydrogen (secondary N) is 1. The van der Waals surface area contributed by atoms with Crippen molar-refractivity contribution in [3.63, 3.8) is 0 Å². The Kier molecular flexibility index (Phi) is 6.66. The summed E-state index contributed by atoms with van der Waals surface area (Å²) in [5.41, 5.74) is 0.253. The highest BCUT2D eigenvalue weighted by Crippen LogP contribution is 2.21. The van der Waals surface area contributed by atoms with E-state index in [4.69, 9.17) is 4.74 Å². The number of esters is 1. The predicted molar refractivity (Wildman–Crippen MR) is 107 cm³/mol. The number of halogens is 1. The number of likely N-dealkylation sites (tertiary alicyclic amines) is 1. The fraction of sp³-hybridized carbons (Fsp3) is 0.350. The highest BCUT2D eigenvalue weighted by molar-refractivity contribution is 7.92. The molecular formula is C20H22FN3O5S. The Morgan fingerprint density at radius 2 is 1.87 bits per heavy atom. The number of rotatable bonds is 6. The van der Waals surface area contributed by atoms with E-state index in [0.29, 0.717) is 32.5 Å². The summed E-state index contributed by atoms with van der Waals surface area (Å²) in [5, 5.41) is 0. The predicted octanol–water partition coefficient (Wildman–Crippen LogP) is 2.44. The van der Waals surface area contributed by atoms with Crippen molar-refractivity contribution in [1.82, 2.24) is 9.88 Å². The molecule has 2 aromatic rings. The van der Waals surface area contributed by atoms with E-state index < -0.39 is 15.8 Å². The van der Waals surface area contributed by atoms with Crippen molar-refractivity contribution in [2.24, 2.45) is 5.92 Å². The number of pyridine rings is 1. The molecule has 1 aromatic heterocycles. The quantitative estimate of drug-likeness (QED) is 0.699. The van der Waals surface area contributed by atoms with Crippen LogP contribution in [0.25, 0.3) is 0 Å². The first kappa shape index (κ1) is 21.7. The average Bonchev–Trinajstić information content (AvgIpc) is 2.74. The van der Waals surface area contributed by atoms with Crippen LogP contribution in [-0.2, 0) is 19.6 Å². The number of amides is 1. The van der Waals surface area contributed by atoms with Crippen LogP contribution in [0.5, 0.6) is 0 Å². The van der Waals surface area contributed by atoms with Gasteiger partial charge in [0.15, 0.2) is 0 Å². The Morgan fingerprint density at radius 1 is 1.20 bits per heavy atom. The number of sulfonamides is 1. The van der Waals surface area contributed by atoms with Crippen LogP contribution in [0.3, 0.4) is 0 Å². The SMILES string of the molecule is CCOC(=O)C1CCN(C(=O)c2cc(NS(=O)(=O)c3ccc(F)cc3)ccn2)CC1. The summed E-state index contributed by atoms with van der Waals surface area (Å²) in [4.78, 5) is 30.1. The Hall–Kier alpha value is -3.01. The molecule has 1 aliphatic rings. The van der Waals surface area contributed by atoms with Crippen molar-refractivity contribution in [3.05, 3.63) is 54.1 Å². The summed E-state index contributed by atoms with van der Waals surface area (Å²) < 4.78 is 45.3. The van der Waals surface area contributed by atoms with Crippen LogP contribution in [-0.4, -0.2) is 49.9 Å². The van der Waals surface area contributed by atoms with Gasteiger partial charge < -0.3 is 9.64 Å². The van der Waals surface area contributed by atoms with Gasteiger partial charge in [0, 0.05) is 19.3 Å².